The summed E-state index contributed by atoms with van der Waals surface area (Å²) in [6.07, 6.45) is 0. The largest absolute Gasteiger partial charge is 0.271 e. The Morgan fingerprint density at radius 2 is 1.83 bits per heavy atom. The van der Waals surface area contributed by atoms with Gasteiger partial charge < -0.3 is 0 Å². The van der Waals surface area contributed by atoms with Crippen LogP contribution in [0.3, 0.4) is 0 Å². The molecule has 0 aliphatic heterocycles. The summed E-state index contributed by atoms with van der Waals surface area (Å²) in [5.41, 5.74) is 1.36. The standard InChI is InChI=1S/C19H18FN3O4S2/c1-12-8-18(23(24)25)9-19(13(12)2)29(26,27)22(10-16-11-28-14(3)21-16)17-6-4-15(20)5-7-17/h4-9,11H,10H2,1-3H3. The van der Waals surface area contributed by atoms with Crippen LogP contribution < -0.4 is 4.31 Å². The Labute approximate surface area is 171 Å². The van der Waals surface area contributed by atoms with Crippen LogP contribution in [0.5, 0.6) is 0 Å². The van der Waals surface area contributed by atoms with E-state index in [9.17, 15) is 22.9 Å². The van der Waals surface area contributed by atoms with Crippen LogP contribution in [0.1, 0.15) is 21.8 Å². The Balaban J connectivity index is 2.18. The quantitative estimate of drug-likeness (QED) is 0.419. The molecule has 152 valence electrons. The normalized spacial score (nSPS) is 11.4. The number of benzene rings is 2. The Bertz CT molecular complexity index is 1170. The number of non-ortho nitro benzene ring substituents is 1. The topological polar surface area (TPSA) is 93.4 Å². The molecule has 3 rings (SSSR count). The molecule has 29 heavy (non-hydrogen) atoms. The van der Waals surface area contributed by atoms with Crippen molar-refractivity contribution in [2.45, 2.75) is 32.2 Å². The first-order valence-electron chi connectivity index (χ1n) is 8.54. The molecule has 0 unspecified atom stereocenters. The van der Waals surface area contributed by atoms with Crippen LogP contribution in [0.25, 0.3) is 0 Å². The maximum absolute atomic E-state index is 13.6. The van der Waals surface area contributed by atoms with E-state index in [4.69, 9.17) is 0 Å². The molecule has 0 fully saturated rings. The average molecular weight is 436 g/mol. The van der Waals surface area contributed by atoms with E-state index in [0.717, 1.165) is 27.5 Å². The number of nitro groups is 1. The summed E-state index contributed by atoms with van der Waals surface area (Å²) < 4.78 is 41.6. The number of aryl methyl sites for hydroxylation is 2. The van der Waals surface area contributed by atoms with Gasteiger partial charge in [0, 0.05) is 17.5 Å². The molecule has 0 atom stereocenters. The highest BCUT2D eigenvalue weighted by Gasteiger charge is 2.30. The Morgan fingerprint density at radius 1 is 1.17 bits per heavy atom. The van der Waals surface area contributed by atoms with Crippen LogP contribution in [0.4, 0.5) is 15.8 Å². The van der Waals surface area contributed by atoms with Gasteiger partial charge in [-0.1, -0.05) is 0 Å². The van der Waals surface area contributed by atoms with E-state index < -0.39 is 20.8 Å². The number of hydrogen-bond donors (Lipinski definition) is 0. The van der Waals surface area contributed by atoms with Gasteiger partial charge >= 0.3 is 0 Å². The molecule has 0 saturated heterocycles. The van der Waals surface area contributed by atoms with E-state index in [-0.39, 0.29) is 22.8 Å². The number of nitrogens with zero attached hydrogens (tertiary/aromatic N) is 3. The van der Waals surface area contributed by atoms with Crippen LogP contribution in [-0.4, -0.2) is 18.3 Å². The predicted octanol–water partition coefficient (Wildman–Crippen LogP) is 4.51. The summed E-state index contributed by atoms with van der Waals surface area (Å²) in [6.45, 7) is 4.94. The monoisotopic (exact) mass is 435 g/mol. The zero-order valence-corrected chi connectivity index (χ0v) is 17.6. The molecular formula is C19H18FN3O4S2. The van der Waals surface area contributed by atoms with Crippen molar-refractivity contribution in [3.05, 3.63) is 79.5 Å². The molecule has 0 bridgehead atoms. The van der Waals surface area contributed by atoms with E-state index in [0.29, 0.717) is 16.8 Å². The fraction of sp³-hybridized carbons (Fsp3) is 0.211. The van der Waals surface area contributed by atoms with E-state index >= 15 is 0 Å². The van der Waals surface area contributed by atoms with Gasteiger partial charge in [-0.05, 0) is 56.2 Å². The molecule has 3 aromatic rings. The van der Waals surface area contributed by atoms with Gasteiger partial charge in [0.15, 0.2) is 0 Å². The van der Waals surface area contributed by atoms with Crippen LogP contribution >= 0.6 is 11.3 Å². The van der Waals surface area contributed by atoms with Crippen molar-refractivity contribution >= 4 is 32.7 Å². The molecule has 1 heterocycles. The first-order chi connectivity index (χ1) is 13.6. The Kier molecular flexibility index (Phi) is 5.67. The molecule has 0 aliphatic rings. The van der Waals surface area contributed by atoms with Crippen LogP contribution in [-0.2, 0) is 16.6 Å². The number of hydrogen-bond acceptors (Lipinski definition) is 6. The van der Waals surface area contributed by atoms with Gasteiger partial charge in [0.05, 0.1) is 32.8 Å². The highest BCUT2D eigenvalue weighted by Crippen LogP contribution is 2.32. The number of anilines is 1. The molecule has 0 aliphatic carbocycles. The van der Waals surface area contributed by atoms with Gasteiger partial charge in [0.25, 0.3) is 15.7 Å². The first-order valence-corrected chi connectivity index (χ1v) is 10.9. The Hall–Kier alpha value is -2.85. The number of thiazole rings is 1. The van der Waals surface area contributed by atoms with E-state index in [1.807, 2.05) is 0 Å². The Morgan fingerprint density at radius 3 is 2.38 bits per heavy atom. The third-order valence-electron chi connectivity index (χ3n) is 4.47. The molecule has 1 aromatic heterocycles. The van der Waals surface area contributed by atoms with Crippen LogP contribution in [0.2, 0.25) is 0 Å². The number of aromatic nitrogens is 1. The first kappa shape index (κ1) is 20.9. The lowest BCUT2D eigenvalue weighted by Crippen LogP contribution is -2.31. The van der Waals surface area contributed by atoms with Crippen molar-refractivity contribution in [3.63, 3.8) is 0 Å². The lowest BCUT2D eigenvalue weighted by molar-refractivity contribution is -0.385. The average Bonchev–Trinajstić information content (AvgIpc) is 3.07. The fourth-order valence-electron chi connectivity index (χ4n) is 2.85. The van der Waals surface area contributed by atoms with Crippen molar-refractivity contribution in [1.82, 2.24) is 4.98 Å². The number of sulfonamides is 1. The molecular weight excluding hydrogens is 417 g/mol. The summed E-state index contributed by atoms with van der Waals surface area (Å²) in [7, 11) is -4.19. The van der Waals surface area contributed by atoms with Crippen molar-refractivity contribution in [2.24, 2.45) is 0 Å². The molecule has 2 aromatic carbocycles. The highest BCUT2D eigenvalue weighted by atomic mass is 32.2. The van der Waals surface area contributed by atoms with Gasteiger partial charge in [-0.25, -0.2) is 17.8 Å². The van der Waals surface area contributed by atoms with E-state index in [2.05, 4.69) is 4.98 Å². The smallest absolute Gasteiger partial charge is 0.260 e. The summed E-state index contributed by atoms with van der Waals surface area (Å²) in [6, 6.07) is 7.42. The second-order valence-corrected chi connectivity index (χ2v) is 9.38. The third kappa shape index (κ3) is 4.28. The molecule has 0 radical (unpaired) electrons. The minimum atomic E-state index is -4.19. The predicted molar refractivity (Wildman–Crippen MR) is 109 cm³/mol. The molecule has 0 N–H and O–H groups in total. The SMILES string of the molecule is Cc1nc(CN(c2ccc(F)cc2)S(=O)(=O)c2cc([N+](=O)[O-])cc(C)c2C)cs1. The lowest BCUT2D eigenvalue weighted by atomic mass is 10.1. The second-order valence-electron chi connectivity index (χ2n) is 6.49. The third-order valence-corrected chi connectivity index (χ3v) is 7.19. The van der Waals surface area contributed by atoms with Crippen LogP contribution in [0.15, 0.2) is 46.7 Å². The molecule has 7 nitrogen and oxygen atoms in total. The summed E-state index contributed by atoms with van der Waals surface area (Å²) in [5, 5.41) is 13.8. The number of rotatable bonds is 6. The molecule has 0 spiro atoms. The van der Waals surface area contributed by atoms with Gasteiger partial charge in [-0.2, -0.15) is 0 Å². The maximum Gasteiger partial charge on any atom is 0.271 e. The summed E-state index contributed by atoms with van der Waals surface area (Å²) >= 11 is 1.38. The minimum Gasteiger partial charge on any atom is -0.260 e. The van der Waals surface area contributed by atoms with Crippen molar-refractivity contribution in [3.8, 4) is 0 Å². The summed E-state index contributed by atoms with van der Waals surface area (Å²) in [5.74, 6) is -0.502. The lowest BCUT2D eigenvalue weighted by Gasteiger charge is -2.25. The van der Waals surface area contributed by atoms with E-state index in [1.54, 1.807) is 26.2 Å². The van der Waals surface area contributed by atoms with Gasteiger partial charge in [-0.3, -0.25) is 14.4 Å². The zero-order chi connectivity index (χ0) is 21.3. The minimum absolute atomic E-state index is 0.0838. The molecule has 10 heteroatoms. The van der Waals surface area contributed by atoms with Gasteiger partial charge in [0.2, 0.25) is 0 Å². The second kappa shape index (κ2) is 7.88. The number of nitro benzene ring substituents is 1. The highest BCUT2D eigenvalue weighted by molar-refractivity contribution is 7.92. The van der Waals surface area contributed by atoms with Crippen LogP contribution in [0, 0.1) is 36.7 Å². The molecule has 0 saturated carbocycles. The van der Waals surface area contributed by atoms with Crippen molar-refractivity contribution in [2.75, 3.05) is 4.31 Å². The maximum atomic E-state index is 13.6. The summed E-state index contributed by atoms with van der Waals surface area (Å²) in [4.78, 5) is 14.8. The van der Waals surface area contributed by atoms with Gasteiger partial charge in [-0.15, -0.1) is 11.3 Å². The van der Waals surface area contributed by atoms with E-state index in [1.165, 1.54) is 29.5 Å². The van der Waals surface area contributed by atoms with Crippen molar-refractivity contribution < 1.29 is 17.7 Å². The van der Waals surface area contributed by atoms with Gasteiger partial charge in [0.1, 0.15) is 5.82 Å². The number of halogens is 1. The zero-order valence-electron chi connectivity index (χ0n) is 15.9. The molecule has 0 amide bonds. The van der Waals surface area contributed by atoms with Crippen molar-refractivity contribution in [1.29, 1.82) is 0 Å². The fourth-order valence-corrected chi connectivity index (χ4v) is 5.21.